The van der Waals surface area contributed by atoms with Crippen LogP contribution < -0.4 is 14.8 Å². The van der Waals surface area contributed by atoms with E-state index in [1.165, 1.54) is 11.1 Å². The van der Waals surface area contributed by atoms with Gasteiger partial charge in [0.2, 0.25) is 6.79 Å². The van der Waals surface area contributed by atoms with Gasteiger partial charge in [-0.15, -0.1) is 0 Å². The monoisotopic (exact) mass is 478 g/mol. The van der Waals surface area contributed by atoms with Crippen LogP contribution in [0.15, 0.2) is 64.1 Å². The fourth-order valence-corrected chi connectivity index (χ4v) is 4.63. The van der Waals surface area contributed by atoms with E-state index in [1.807, 2.05) is 30.3 Å². The minimum atomic E-state index is -0.224. The lowest BCUT2D eigenvalue weighted by Crippen LogP contribution is -2.33. The number of ether oxygens (including phenoxy) is 2. The van der Waals surface area contributed by atoms with E-state index in [-0.39, 0.29) is 24.8 Å². The SMILES string of the molecule is Cc1ccc([C@H]2N=C(c3ccc4c(c3)OCO4)C[C@H](c3cc(Br)ccc3O)N2)c(C)c1. The van der Waals surface area contributed by atoms with Gasteiger partial charge in [-0.3, -0.25) is 10.3 Å². The second-order valence-corrected chi connectivity index (χ2v) is 8.95. The molecule has 5 rings (SSSR count). The molecule has 0 unspecified atom stereocenters. The number of rotatable bonds is 3. The van der Waals surface area contributed by atoms with E-state index in [1.54, 1.807) is 6.07 Å². The molecule has 6 heteroatoms. The Bertz CT molecular complexity index is 1190. The van der Waals surface area contributed by atoms with Crippen molar-refractivity contribution in [1.29, 1.82) is 0 Å². The highest BCUT2D eigenvalue weighted by molar-refractivity contribution is 9.10. The predicted molar refractivity (Wildman–Crippen MR) is 124 cm³/mol. The second kappa shape index (κ2) is 8.02. The van der Waals surface area contributed by atoms with Gasteiger partial charge in [0.15, 0.2) is 11.5 Å². The molecule has 0 saturated heterocycles. The van der Waals surface area contributed by atoms with Crippen LogP contribution >= 0.6 is 15.9 Å². The number of phenols is 1. The summed E-state index contributed by atoms with van der Waals surface area (Å²) in [5, 5.41) is 14.2. The molecule has 2 aliphatic heterocycles. The summed E-state index contributed by atoms with van der Waals surface area (Å²) < 4.78 is 12.0. The van der Waals surface area contributed by atoms with Crippen LogP contribution in [0.3, 0.4) is 0 Å². The summed E-state index contributed by atoms with van der Waals surface area (Å²) in [6, 6.07) is 17.8. The molecule has 0 aliphatic carbocycles. The van der Waals surface area contributed by atoms with Gasteiger partial charge >= 0.3 is 0 Å². The summed E-state index contributed by atoms with van der Waals surface area (Å²) in [6.45, 7) is 4.45. The number of hydrogen-bond acceptors (Lipinski definition) is 5. The Kier molecular flexibility index (Phi) is 5.20. The molecule has 3 aromatic rings. The van der Waals surface area contributed by atoms with Gasteiger partial charge in [0, 0.05) is 28.2 Å². The fraction of sp³-hybridized carbons (Fsp3) is 0.240. The van der Waals surface area contributed by atoms with Crippen LogP contribution in [0, 0.1) is 13.8 Å². The summed E-state index contributed by atoms with van der Waals surface area (Å²) in [5.74, 6) is 1.76. The molecule has 0 spiro atoms. The van der Waals surface area contributed by atoms with Crippen LogP contribution in [0.2, 0.25) is 0 Å². The molecule has 0 fully saturated rings. The van der Waals surface area contributed by atoms with Crippen molar-refractivity contribution in [3.8, 4) is 17.2 Å². The van der Waals surface area contributed by atoms with Crippen molar-refractivity contribution in [2.75, 3.05) is 6.79 Å². The normalized spacial score (nSPS) is 19.9. The maximum atomic E-state index is 10.6. The third kappa shape index (κ3) is 3.93. The molecular formula is C25H23BrN2O3. The lowest BCUT2D eigenvalue weighted by atomic mass is 9.92. The molecule has 0 amide bonds. The number of phenolic OH excluding ortho intramolecular Hbond substituents is 1. The van der Waals surface area contributed by atoms with Crippen molar-refractivity contribution in [1.82, 2.24) is 5.32 Å². The fourth-order valence-electron chi connectivity index (χ4n) is 4.25. The summed E-state index contributed by atoms with van der Waals surface area (Å²) in [7, 11) is 0. The van der Waals surface area contributed by atoms with Gasteiger partial charge in [-0.1, -0.05) is 39.7 Å². The Morgan fingerprint density at radius 3 is 2.65 bits per heavy atom. The Labute approximate surface area is 189 Å². The maximum absolute atomic E-state index is 10.6. The maximum Gasteiger partial charge on any atom is 0.231 e. The highest BCUT2D eigenvalue weighted by Crippen LogP contribution is 2.38. The Balaban J connectivity index is 1.59. The lowest BCUT2D eigenvalue weighted by molar-refractivity contribution is 0.174. The molecule has 2 atom stereocenters. The first-order chi connectivity index (χ1) is 15.0. The topological polar surface area (TPSA) is 63.1 Å². The highest BCUT2D eigenvalue weighted by Gasteiger charge is 2.29. The van der Waals surface area contributed by atoms with E-state index in [2.05, 4.69) is 53.3 Å². The summed E-state index contributed by atoms with van der Waals surface area (Å²) >= 11 is 3.54. The largest absolute Gasteiger partial charge is 0.508 e. The number of nitrogens with zero attached hydrogens (tertiary/aromatic N) is 1. The molecule has 5 nitrogen and oxygen atoms in total. The van der Waals surface area contributed by atoms with Crippen LogP contribution in [0.4, 0.5) is 0 Å². The van der Waals surface area contributed by atoms with E-state index < -0.39 is 0 Å². The molecule has 158 valence electrons. The number of fused-ring (bicyclic) bond motifs is 1. The average molecular weight is 479 g/mol. The van der Waals surface area contributed by atoms with E-state index in [0.717, 1.165) is 38.4 Å². The van der Waals surface area contributed by atoms with Crippen molar-refractivity contribution in [3.05, 3.63) is 86.9 Å². The minimum Gasteiger partial charge on any atom is -0.508 e. The third-order valence-electron chi connectivity index (χ3n) is 5.83. The molecule has 2 heterocycles. The number of hydrogen-bond donors (Lipinski definition) is 2. The van der Waals surface area contributed by atoms with Crippen LogP contribution in [0.5, 0.6) is 17.2 Å². The highest BCUT2D eigenvalue weighted by atomic mass is 79.9. The Morgan fingerprint density at radius 2 is 1.81 bits per heavy atom. The van der Waals surface area contributed by atoms with Crippen LogP contribution in [-0.4, -0.2) is 17.6 Å². The average Bonchev–Trinajstić information content (AvgIpc) is 3.23. The number of benzene rings is 3. The van der Waals surface area contributed by atoms with Crippen molar-refractivity contribution in [2.24, 2.45) is 4.99 Å². The van der Waals surface area contributed by atoms with Crippen molar-refractivity contribution >= 4 is 21.6 Å². The molecule has 0 saturated carbocycles. The second-order valence-electron chi connectivity index (χ2n) is 8.03. The summed E-state index contributed by atoms with van der Waals surface area (Å²) in [6.07, 6.45) is 0.420. The van der Waals surface area contributed by atoms with Crippen LogP contribution in [-0.2, 0) is 0 Å². The summed E-state index contributed by atoms with van der Waals surface area (Å²) in [5.41, 5.74) is 6.34. The number of aryl methyl sites for hydroxylation is 2. The van der Waals surface area contributed by atoms with Gasteiger partial charge in [-0.25, -0.2) is 0 Å². The van der Waals surface area contributed by atoms with Crippen molar-refractivity contribution in [3.63, 3.8) is 0 Å². The first-order valence-electron chi connectivity index (χ1n) is 10.3. The first-order valence-corrected chi connectivity index (χ1v) is 11.1. The molecule has 31 heavy (non-hydrogen) atoms. The van der Waals surface area contributed by atoms with Gasteiger partial charge in [-0.05, 0) is 66.9 Å². The van der Waals surface area contributed by atoms with E-state index in [4.69, 9.17) is 14.5 Å². The van der Waals surface area contributed by atoms with E-state index in [9.17, 15) is 5.11 Å². The zero-order valence-corrected chi connectivity index (χ0v) is 18.9. The van der Waals surface area contributed by atoms with Gasteiger partial charge < -0.3 is 14.6 Å². The number of nitrogens with one attached hydrogen (secondary N) is 1. The van der Waals surface area contributed by atoms with E-state index in [0.29, 0.717) is 6.42 Å². The zero-order valence-electron chi connectivity index (χ0n) is 17.4. The summed E-state index contributed by atoms with van der Waals surface area (Å²) in [4.78, 5) is 5.08. The van der Waals surface area contributed by atoms with Gasteiger partial charge in [-0.2, -0.15) is 0 Å². The van der Waals surface area contributed by atoms with Crippen molar-refractivity contribution < 1.29 is 14.6 Å². The minimum absolute atomic E-state index is 0.0962. The predicted octanol–water partition coefficient (Wildman–Crippen LogP) is 5.72. The van der Waals surface area contributed by atoms with Gasteiger partial charge in [0.25, 0.3) is 0 Å². The van der Waals surface area contributed by atoms with Crippen molar-refractivity contribution in [2.45, 2.75) is 32.5 Å². The molecule has 0 radical (unpaired) electrons. The first kappa shape index (κ1) is 20.1. The van der Waals surface area contributed by atoms with Gasteiger partial charge in [0.1, 0.15) is 11.9 Å². The smallest absolute Gasteiger partial charge is 0.231 e. The molecule has 2 aliphatic rings. The molecule has 2 N–H and O–H groups in total. The Morgan fingerprint density at radius 1 is 0.968 bits per heavy atom. The van der Waals surface area contributed by atoms with E-state index >= 15 is 0 Å². The number of halogens is 1. The standard InChI is InChI=1S/C25H23BrN2O3/c1-14-3-6-18(15(2)9-14)25-27-20(16-4-8-23-24(10-16)31-13-30-23)12-21(28-25)19-11-17(26)5-7-22(19)29/h3-11,21,25,28-29H,12-13H2,1-2H3/t21-,25+/m1/s1. The zero-order chi connectivity index (χ0) is 21.5. The lowest BCUT2D eigenvalue weighted by Gasteiger charge is -2.31. The molecular weight excluding hydrogens is 456 g/mol. The van der Waals surface area contributed by atoms with Crippen LogP contribution in [0.1, 0.15) is 46.4 Å². The molecule has 0 aromatic heterocycles. The van der Waals surface area contributed by atoms with Crippen LogP contribution in [0.25, 0.3) is 0 Å². The Hall–Kier alpha value is -2.83. The molecule has 3 aromatic carbocycles. The number of aromatic hydroxyl groups is 1. The van der Waals surface area contributed by atoms with Gasteiger partial charge in [0.05, 0.1) is 0 Å². The number of aliphatic imine (C=N–C) groups is 1. The quantitative estimate of drug-likeness (QED) is 0.504. The third-order valence-corrected chi connectivity index (χ3v) is 6.33. The molecule has 0 bridgehead atoms.